The van der Waals surface area contributed by atoms with E-state index in [1.807, 2.05) is 24.3 Å². The van der Waals surface area contributed by atoms with Crippen molar-refractivity contribution < 1.29 is 9.72 Å². The molecule has 9 heteroatoms. The maximum absolute atomic E-state index is 12.3. The second-order valence-electron chi connectivity index (χ2n) is 7.52. The van der Waals surface area contributed by atoms with Crippen molar-refractivity contribution in [2.24, 2.45) is 0 Å². The first-order valence-corrected chi connectivity index (χ1v) is 10.6. The number of aromatic nitrogens is 1. The number of anilines is 2. The zero-order valence-corrected chi connectivity index (χ0v) is 18.0. The second-order valence-corrected chi connectivity index (χ2v) is 7.95. The minimum absolute atomic E-state index is 0.160. The third-order valence-corrected chi connectivity index (χ3v) is 5.64. The van der Waals surface area contributed by atoms with Gasteiger partial charge in [0.2, 0.25) is 0 Å². The Bertz CT molecular complexity index is 1100. The van der Waals surface area contributed by atoms with Gasteiger partial charge in [0.05, 0.1) is 16.8 Å². The van der Waals surface area contributed by atoms with Crippen molar-refractivity contribution in [2.75, 3.05) is 36.4 Å². The van der Waals surface area contributed by atoms with Gasteiger partial charge >= 0.3 is 0 Å². The molecule has 0 aliphatic carbocycles. The van der Waals surface area contributed by atoms with E-state index in [9.17, 15) is 14.9 Å². The maximum Gasteiger partial charge on any atom is 0.273 e. The van der Waals surface area contributed by atoms with E-state index in [2.05, 4.69) is 20.1 Å². The highest BCUT2D eigenvalue weighted by Crippen LogP contribution is 2.22. The number of nitro groups is 1. The fourth-order valence-electron chi connectivity index (χ4n) is 3.65. The molecular weight excluding hydrogens is 430 g/mol. The minimum Gasteiger partial charge on any atom is -0.354 e. The van der Waals surface area contributed by atoms with Crippen LogP contribution in [0.1, 0.15) is 15.9 Å². The quantitative estimate of drug-likeness (QED) is 0.445. The third-order valence-electron chi connectivity index (χ3n) is 5.39. The summed E-state index contributed by atoms with van der Waals surface area (Å²) in [5, 5.41) is 14.6. The Kier molecular flexibility index (Phi) is 6.63. The molecule has 1 fully saturated rings. The molecule has 0 atom stereocenters. The van der Waals surface area contributed by atoms with Gasteiger partial charge in [0.25, 0.3) is 11.6 Å². The minimum atomic E-state index is -0.331. The highest BCUT2D eigenvalue weighted by atomic mass is 35.5. The normalized spacial score (nSPS) is 14.2. The van der Waals surface area contributed by atoms with E-state index in [1.54, 1.807) is 42.6 Å². The number of nitro benzene ring substituents is 1. The molecule has 2 heterocycles. The number of carbonyl (C=O) groups excluding carboxylic acids is 1. The van der Waals surface area contributed by atoms with E-state index in [0.717, 1.165) is 37.6 Å². The lowest BCUT2D eigenvalue weighted by Crippen LogP contribution is -2.46. The lowest BCUT2D eigenvalue weighted by atomic mass is 10.1. The smallest absolute Gasteiger partial charge is 0.273 e. The van der Waals surface area contributed by atoms with Crippen molar-refractivity contribution in [3.05, 3.63) is 93.1 Å². The van der Waals surface area contributed by atoms with Crippen molar-refractivity contribution in [3.63, 3.8) is 0 Å². The molecular formula is C23H22ClN5O3. The van der Waals surface area contributed by atoms with Crippen molar-refractivity contribution in [1.29, 1.82) is 0 Å². The van der Waals surface area contributed by atoms with Crippen LogP contribution in [0.25, 0.3) is 0 Å². The van der Waals surface area contributed by atoms with Gasteiger partial charge in [0, 0.05) is 54.9 Å². The van der Waals surface area contributed by atoms with Crippen molar-refractivity contribution in [3.8, 4) is 0 Å². The van der Waals surface area contributed by atoms with Crippen LogP contribution < -0.4 is 10.2 Å². The van der Waals surface area contributed by atoms with Gasteiger partial charge in [-0.2, -0.15) is 0 Å². The van der Waals surface area contributed by atoms with E-state index in [1.165, 1.54) is 0 Å². The number of benzene rings is 2. The summed E-state index contributed by atoms with van der Waals surface area (Å²) in [7, 11) is 0. The first-order chi connectivity index (χ1) is 15.5. The third kappa shape index (κ3) is 5.22. The van der Waals surface area contributed by atoms with E-state index in [-0.39, 0.29) is 16.5 Å². The van der Waals surface area contributed by atoms with Crippen LogP contribution in [0.15, 0.2) is 66.9 Å². The maximum atomic E-state index is 12.3. The molecule has 2 aromatic carbocycles. The summed E-state index contributed by atoms with van der Waals surface area (Å²) in [6.45, 7) is 3.65. The highest BCUT2D eigenvalue weighted by Gasteiger charge is 2.21. The van der Waals surface area contributed by atoms with Crippen LogP contribution in [0.2, 0.25) is 5.02 Å². The van der Waals surface area contributed by atoms with Crippen molar-refractivity contribution >= 4 is 34.7 Å². The molecule has 0 unspecified atom stereocenters. The van der Waals surface area contributed by atoms with Crippen LogP contribution in [0, 0.1) is 10.1 Å². The van der Waals surface area contributed by atoms with Crippen LogP contribution in [-0.4, -0.2) is 46.9 Å². The van der Waals surface area contributed by atoms with Gasteiger partial charge in [0.1, 0.15) is 5.82 Å². The van der Waals surface area contributed by atoms with E-state index in [0.29, 0.717) is 22.8 Å². The molecule has 0 saturated carbocycles. The van der Waals surface area contributed by atoms with Crippen LogP contribution in [0.5, 0.6) is 0 Å². The van der Waals surface area contributed by atoms with Crippen LogP contribution in [0.4, 0.5) is 17.2 Å². The van der Waals surface area contributed by atoms with Crippen LogP contribution >= 0.6 is 11.6 Å². The molecule has 8 nitrogen and oxygen atoms in total. The summed E-state index contributed by atoms with van der Waals surface area (Å²) in [6.07, 6.45) is 1.64. The largest absolute Gasteiger partial charge is 0.354 e. The number of piperazine rings is 1. The van der Waals surface area contributed by atoms with Gasteiger partial charge in [-0.25, -0.2) is 4.98 Å². The molecule has 1 aromatic heterocycles. The van der Waals surface area contributed by atoms with Crippen LogP contribution in [-0.2, 0) is 6.54 Å². The van der Waals surface area contributed by atoms with Crippen molar-refractivity contribution in [2.45, 2.75) is 6.54 Å². The summed E-state index contributed by atoms with van der Waals surface area (Å²) < 4.78 is 0. The average Bonchev–Trinajstić information content (AvgIpc) is 2.81. The number of halogens is 1. The monoisotopic (exact) mass is 451 g/mol. The Balaban J connectivity index is 1.32. The molecule has 3 aromatic rings. The number of rotatable bonds is 6. The first kappa shape index (κ1) is 21.7. The SMILES string of the molecule is O=C(Nc1ccc(N2CCN(Cc3ccccc3[N+](=O)[O-])CC2)nc1)c1ccc(Cl)cc1. The van der Waals surface area contributed by atoms with Crippen molar-refractivity contribution in [1.82, 2.24) is 9.88 Å². The number of nitrogens with one attached hydrogen (secondary N) is 1. The fraction of sp³-hybridized carbons (Fsp3) is 0.217. The van der Waals surface area contributed by atoms with Gasteiger partial charge in [-0.3, -0.25) is 19.8 Å². The number of pyridine rings is 1. The van der Waals surface area contributed by atoms with Crippen LogP contribution in [0.3, 0.4) is 0 Å². The number of hydrogen-bond acceptors (Lipinski definition) is 6. The molecule has 1 amide bonds. The van der Waals surface area contributed by atoms with E-state index in [4.69, 9.17) is 11.6 Å². The fourth-order valence-corrected chi connectivity index (χ4v) is 3.78. The summed E-state index contributed by atoms with van der Waals surface area (Å²) in [5.41, 5.74) is 2.02. The molecule has 1 aliphatic rings. The molecule has 32 heavy (non-hydrogen) atoms. The number of carbonyl (C=O) groups is 1. The molecule has 1 saturated heterocycles. The Hall–Kier alpha value is -3.49. The Morgan fingerprint density at radius 2 is 1.75 bits per heavy atom. The topological polar surface area (TPSA) is 91.6 Å². The molecule has 0 spiro atoms. The average molecular weight is 452 g/mol. The number of para-hydroxylation sites is 1. The van der Waals surface area contributed by atoms with Gasteiger partial charge in [0.15, 0.2) is 0 Å². The first-order valence-electron chi connectivity index (χ1n) is 10.2. The summed E-state index contributed by atoms with van der Waals surface area (Å²) >= 11 is 5.86. The lowest BCUT2D eigenvalue weighted by molar-refractivity contribution is -0.385. The summed E-state index contributed by atoms with van der Waals surface area (Å²) in [4.78, 5) is 32.1. The zero-order chi connectivity index (χ0) is 22.5. The standard InChI is InChI=1S/C23H22ClN5O3/c24-19-7-5-17(6-8-19)23(30)26-20-9-10-22(25-15-20)28-13-11-27(12-14-28)16-18-3-1-2-4-21(18)29(31)32/h1-10,15H,11-14,16H2,(H,26,30). The molecule has 4 rings (SSSR count). The molecule has 0 bridgehead atoms. The summed E-state index contributed by atoms with van der Waals surface area (Å²) in [5.74, 6) is 0.611. The molecule has 0 radical (unpaired) electrons. The highest BCUT2D eigenvalue weighted by molar-refractivity contribution is 6.30. The number of nitrogens with zero attached hydrogens (tertiary/aromatic N) is 4. The molecule has 164 valence electrons. The predicted octanol–water partition coefficient (Wildman–Crippen LogP) is 4.22. The Labute approximate surface area is 190 Å². The second kappa shape index (κ2) is 9.76. The molecule has 1 N–H and O–H groups in total. The van der Waals surface area contributed by atoms with Gasteiger partial charge in [-0.05, 0) is 36.4 Å². The number of amides is 1. The molecule has 1 aliphatic heterocycles. The Morgan fingerprint density at radius 1 is 1.03 bits per heavy atom. The summed E-state index contributed by atoms with van der Waals surface area (Å²) in [6, 6.07) is 17.3. The van der Waals surface area contributed by atoms with Gasteiger partial charge in [-0.15, -0.1) is 0 Å². The predicted molar refractivity (Wildman–Crippen MR) is 124 cm³/mol. The Morgan fingerprint density at radius 3 is 2.41 bits per heavy atom. The number of hydrogen-bond donors (Lipinski definition) is 1. The van der Waals surface area contributed by atoms with E-state index >= 15 is 0 Å². The van der Waals surface area contributed by atoms with E-state index < -0.39 is 0 Å². The zero-order valence-electron chi connectivity index (χ0n) is 17.3. The lowest BCUT2D eigenvalue weighted by Gasteiger charge is -2.35. The van der Waals surface area contributed by atoms with Gasteiger partial charge in [-0.1, -0.05) is 29.8 Å². The van der Waals surface area contributed by atoms with Gasteiger partial charge < -0.3 is 10.2 Å².